The third kappa shape index (κ3) is 3.09. The topological polar surface area (TPSA) is 43.2 Å². The quantitative estimate of drug-likeness (QED) is 0.684. The molecule has 0 saturated heterocycles. The van der Waals surface area contributed by atoms with Crippen molar-refractivity contribution in [1.82, 2.24) is 0 Å². The zero-order valence-electron chi connectivity index (χ0n) is 13.4. The van der Waals surface area contributed by atoms with Gasteiger partial charge in [0.15, 0.2) is 11.8 Å². The first-order valence-corrected chi connectivity index (χ1v) is 8.70. The van der Waals surface area contributed by atoms with Gasteiger partial charge < -0.3 is 9.47 Å². The lowest BCUT2D eigenvalue weighted by molar-refractivity contribution is 0.274. The number of ether oxygens (including phenoxy) is 2. The highest BCUT2D eigenvalue weighted by Crippen LogP contribution is 2.51. The van der Waals surface area contributed by atoms with Crippen molar-refractivity contribution in [2.75, 3.05) is 13.2 Å². The summed E-state index contributed by atoms with van der Waals surface area (Å²) in [5, 5.41) is 0. The van der Waals surface area contributed by atoms with E-state index in [1.165, 1.54) is 25.7 Å². The average molecular weight is 292 g/mol. The molecular weight excluding hydrogens is 264 g/mol. The van der Waals surface area contributed by atoms with Crippen LogP contribution < -0.4 is 0 Å². The summed E-state index contributed by atoms with van der Waals surface area (Å²) < 4.78 is 11.8. The van der Waals surface area contributed by atoms with Crippen molar-refractivity contribution in [1.29, 1.82) is 0 Å². The SMILES string of the molecule is CCCC[C@H]1COC(C2(C3=N[C@@H](CCCC)CO3)CC2)=N1. The summed E-state index contributed by atoms with van der Waals surface area (Å²) in [6.45, 7) is 5.95. The Morgan fingerprint density at radius 1 is 0.905 bits per heavy atom. The minimum absolute atomic E-state index is 0.0814. The summed E-state index contributed by atoms with van der Waals surface area (Å²) in [5.41, 5.74) is -0.0814. The second-order valence-electron chi connectivity index (χ2n) is 6.66. The van der Waals surface area contributed by atoms with E-state index in [1.807, 2.05) is 0 Å². The number of aliphatic imine (C=N–C) groups is 2. The highest BCUT2D eigenvalue weighted by Gasteiger charge is 2.58. The van der Waals surface area contributed by atoms with Crippen LogP contribution in [0.1, 0.15) is 65.2 Å². The largest absolute Gasteiger partial charge is 0.478 e. The third-order valence-corrected chi connectivity index (χ3v) is 4.78. The lowest BCUT2D eigenvalue weighted by atomic mass is 10.1. The molecule has 0 aromatic heterocycles. The molecule has 0 aromatic rings. The summed E-state index contributed by atoms with van der Waals surface area (Å²) in [6, 6.07) is 0.714. The Labute approximate surface area is 128 Å². The van der Waals surface area contributed by atoms with Crippen LogP contribution in [-0.4, -0.2) is 37.1 Å². The van der Waals surface area contributed by atoms with Crippen molar-refractivity contribution in [3.8, 4) is 0 Å². The lowest BCUT2D eigenvalue weighted by Gasteiger charge is -2.13. The van der Waals surface area contributed by atoms with Gasteiger partial charge in [-0.25, -0.2) is 9.98 Å². The summed E-state index contributed by atoms with van der Waals surface area (Å²) in [4.78, 5) is 9.65. The molecule has 1 fully saturated rings. The van der Waals surface area contributed by atoms with Gasteiger partial charge in [-0.05, 0) is 25.7 Å². The monoisotopic (exact) mass is 292 g/mol. The number of hydrogen-bond acceptors (Lipinski definition) is 4. The Morgan fingerprint density at radius 3 is 1.76 bits per heavy atom. The van der Waals surface area contributed by atoms with Gasteiger partial charge in [-0.3, -0.25) is 0 Å². The Kier molecular flexibility index (Phi) is 4.51. The maximum atomic E-state index is 5.91. The molecule has 118 valence electrons. The zero-order valence-corrected chi connectivity index (χ0v) is 13.4. The summed E-state index contributed by atoms with van der Waals surface area (Å²) in [5.74, 6) is 1.83. The molecule has 2 atom stereocenters. The van der Waals surface area contributed by atoms with E-state index in [1.54, 1.807) is 0 Å². The van der Waals surface area contributed by atoms with Crippen LogP contribution in [0.4, 0.5) is 0 Å². The lowest BCUT2D eigenvalue weighted by Crippen LogP contribution is -2.26. The maximum Gasteiger partial charge on any atom is 0.199 e. The Morgan fingerprint density at radius 2 is 1.38 bits per heavy atom. The fourth-order valence-electron chi connectivity index (χ4n) is 3.17. The second-order valence-corrected chi connectivity index (χ2v) is 6.66. The predicted molar refractivity (Wildman–Crippen MR) is 85.1 cm³/mol. The van der Waals surface area contributed by atoms with E-state index in [0.717, 1.165) is 50.7 Å². The second kappa shape index (κ2) is 6.37. The highest BCUT2D eigenvalue weighted by molar-refractivity contribution is 6.08. The third-order valence-electron chi connectivity index (χ3n) is 4.78. The first-order valence-electron chi connectivity index (χ1n) is 8.70. The molecule has 0 aromatic carbocycles. The Bertz CT molecular complexity index is 391. The molecule has 4 nitrogen and oxygen atoms in total. The van der Waals surface area contributed by atoms with E-state index in [0.29, 0.717) is 12.1 Å². The molecular formula is C17H28N2O2. The van der Waals surface area contributed by atoms with Gasteiger partial charge in [0.05, 0.1) is 12.1 Å². The molecule has 0 N–H and O–H groups in total. The predicted octanol–water partition coefficient (Wildman–Crippen LogP) is 3.74. The van der Waals surface area contributed by atoms with Crippen molar-refractivity contribution in [3.05, 3.63) is 0 Å². The van der Waals surface area contributed by atoms with Crippen LogP contribution in [0.5, 0.6) is 0 Å². The molecule has 2 aliphatic heterocycles. The molecule has 0 bridgehead atoms. The van der Waals surface area contributed by atoms with Crippen LogP contribution in [0.15, 0.2) is 9.98 Å². The van der Waals surface area contributed by atoms with Gasteiger partial charge >= 0.3 is 0 Å². The molecule has 4 heteroatoms. The number of rotatable bonds is 8. The molecule has 0 amide bonds. The average Bonchev–Trinajstić information content (AvgIpc) is 2.97. The summed E-state index contributed by atoms with van der Waals surface area (Å²) in [7, 11) is 0. The van der Waals surface area contributed by atoms with Gasteiger partial charge in [-0.15, -0.1) is 0 Å². The van der Waals surface area contributed by atoms with Crippen LogP contribution in [-0.2, 0) is 9.47 Å². The van der Waals surface area contributed by atoms with E-state index < -0.39 is 0 Å². The van der Waals surface area contributed by atoms with Crippen LogP contribution in [0.3, 0.4) is 0 Å². The molecule has 1 aliphatic carbocycles. The molecule has 0 radical (unpaired) electrons. The Hall–Kier alpha value is -1.06. The van der Waals surface area contributed by atoms with E-state index in [-0.39, 0.29) is 5.41 Å². The molecule has 3 rings (SSSR count). The summed E-state index contributed by atoms with van der Waals surface area (Å²) in [6.07, 6.45) is 9.37. The number of nitrogens with zero attached hydrogens (tertiary/aromatic N) is 2. The van der Waals surface area contributed by atoms with Crippen molar-refractivity contribution >= 4 is 11.8 Å². The van der Waals surface area contributed by atoms with E-state index in [9.17, 15) is 0 Å². The van der Waals surface area contributed by atoms with E-state index in [4.69, 9.17) is 19.5 Å². The van der Waals surface area contributed by atoms with E-state index in [2.05, 4.69) is 13.8 Å². The van der Waals surface area contributed by atoms with Gasteiger partial charge in [0.1, 0.15) is 18.6 Å². The van der Waals surface area contributed by atoms with Gasteiger partial charge in [-0.1, -0.05) is 39.5 Å². The van der Waals surface area contributed by atoms with Crippen LogP contribution in [0.2, 0.25) is 0 Å². The van der Waals surface area contributed by atoms with Crippen molar-refractivity contribution in [2.45, 2.75) is 77.3 Å². The molecule has 1 saturated carbocycles. The van der Waals surface area contributed by atoms with Gasteiger partial charge in [0.25, 0.3) is 0 Å². The number of unbranched alkanes of at least 4 members (excludes halogenated alkanes) is 2. The van der Waals surface area contributed by atoms with Crippen molar-refractivity contribution in [3.63, 3.8) is 0 Å². The minimum Gasteiger partial charge on any atom is -0.478 e. The van der Waals surface area contributed by atoms with Crippen molar-refractivity contribution in [2.24, 2.45) is 15.4 Å². The zero-order chi connectivity index (χ0) is 14.7. The Balaban J connectivity index is 1.63. The van der Waals surface area contributed by atoms with Crippen molar-refractivity contribution < 1.29 is 9.47 Å². The fraction of sp³-hybridized carbons (Fsp3) is 0.882. The fourth-order valence-corrected chi connectivity index (χ4v) is 3.17. The highest BCUT2D eigenvalue weighted by atomic mass is 16.5. The molecule has 0 spiro atoms. The first-order chi connectivity index (χ1) is 10.3. The maximum absolute atomic E-state index is 5.91. The van der Waals surface area contributed by atoms with Gasteiger partial charge in [0, 0.05) is 0 Å². The molecule has 3 aliphatic rings. The number of hydrogen-bond donors (Lipinski definition) is 0. The molecule has 0 unspecified atom stereocenters. The van der Waals surface area contributed by atoms with Crippen LogP contribution in [0.25, 0.3) is 0 Å². The van der Waals surface area contributed by atoms with E-state index >= 15 is 0 Å². The normalized spacial score (nSPS) is 29.6. The van der Waals surface area contributed by atoms with Crippen LogP contribution in [0, 0.1) is 5.41 Å². The smallest absolute Gasteiger partial charge is 0.199 e. The van der Waals surface area contributed by atoms with Crippen LogP contribution >= 0.6 is 0 Å². The minimum atomic E-state index is -0.0814. The molecule has 21 heavy (non-hydrogen) atoms. The van der Waals surface area contributed by atoms with Gasteiger partial charge in [0.2, 0.25) is 0 Å². The van der Waals surface area contributed by atoms with Gasteiger partial charge in [-0.2, -0.15) is 0 Å². The molecule has 2 heterocycles. The standard InChI is InChI=1S/C17H28N2O2/c1-3-5-7-13-11-20-15(18-13)17(9-10-17)16-19-14(12-21-16)8-6-4-2/h13-14H,3-12H2,1-2H3/t13-,14-/m0/s1. The first kappa shape index (κ1) is 14.9. The summed E-state index contributed by atoms with van der Waals surface area (Å²) >= 11 is 0.